The molecule has 0 saturated carbocycles. The van der Waals surface area contributed by atoms with Crippen LogP contribution in [-0.2, 0) is 24.9 Å². The van der Waals surface area contributed by atoms with Gasteiger partial charge in [0.05, 0.1) is 12.2 Å². The highest BCUT2D eigenvalue weighted by Gasteiger charge is 2.26. The second-order valence-corrected chi connectivity index (χ2v) is 7.58. The first-order valence-electron chi connectivity index (χ1n) is 9.68. The molecule has 1 aliphatic heterocycles. The lowest BCUT2D eigenvalue weighted by atomic mass is 10.1. The molecule has 1 aromatic carbocycles. The zero-order chi connectivity index (χ0) is 20.3. The average molecular weight is 380 g/mol. The monoisotopic (exact) mass is 380 g/mol. The molecular formula is C22H28N4O2. The van der Waals surface area contributed by atoms with Gasteiger partial charge in [-0.05, 0) is 50.1 Å². The van der Waals surface area contributed by atoms with Crippen LogP contribution in [0.2, 0.25) is 0 Å². The van der Waals surface area contributed by atoms with E-state index in [4.69, 9.17) is 10.00 Å². The largest absolute Gasteiger partial charge is 0.372 e. The molecule has 0 spiro atoms. The topological polar surface area (TPSA) is 70.3 Å². The van der Waals surface area contributed by atoms with E-state index in [0.717, 1.165) is 16.8 Å². The minimum atomic E-state index is 0.0606. The minimum Gasteiger partial charge on any atom is -0.372 e. The second kappa shape index (κ2) is 8.59. The van der Waals surface area contributed by atoms with E-state index < -0.39 is 0 Å². The van der Waals surface area contributed by atoms with Crippen LogP contribution in [0, 0.1) is 18.3 Å². The van der Waals surface area contributed by atoms with Crippen LogP contribution < -0.4 is 5.32 Å². The summed E-state index contributed by atoms with van der Waals surface area (Å²) in [6.07, 6.45) is 0.137. The number of nitriles is 1. The normalized spacial score (nSPS) is 19.5. The minimum absolute atomic E-state index is 0.0606. The van der Waals surface area contributed by atoms with E-state index in [0.29, 0.717) is 37.4 Å². The van der Waals surface area contributed by atoms with Crippen molar-refractivity contribution < 1.29 is 9.53 Å². The number of hydrogen-bond donors (Lipinski definition) is 1. The molecule has 1 N–H and O–H groups in total. The van der Waals surface area contributed by atoms with Crippen LogP contribution in [0.1, 0.15) is 46.7 Å². The number of benzene rings is 1. The van der Waals surface area contributed by atoms with Crippen LogP contribution in [0.5, 0.6) is 0 Å². The van der Waals surface area contributed by atoms with Gasteiger partial charge in [-0.15, -0.1) is 0 Å². The van der Waals surface area contributed by atoms with Crippen molar-refractivity contribution in [1.29, 1.82) is 5.26 Å². The number of morpholine rings is 1. The van der Waals surface area contributed by atoms with E-state index >= 15 is 0 Å². The van der Waals surface area contributed by atoms with Crippen molar-refractivity contribution in [3.8, 4) is 6.07 Å². The number of carbonyl (C=O) groups is 1. The Kier molecular flexibility index (Phi) is 6.18. The summed E-state index contributed by atoms with van der Waals surface area (Å²) in [4.78, 5) is 14.6. The molecule has 3 rings (SSSR count). The third-order valence-corrected chi connectivity index (χ3v) is 5.31. The molecule has 148 valence electrons. The van der Waals surface area contributed by atoms with Gasteiger partial charge in [-0.3, -0.25) is 4.79 Å². The van der Waals surface area contributed by atoms with Gasteiger partial charge in [0.1, 0.15) is 11.8 Å². The molecule has 1 amide bonds. The summed E-state index contributed by atoms with van der Waals surface area (Å²) in [5.41, 5.74) is 4.72. The molecule has 2 atom stereocenters. The zero-order valence-corrected chi connectivity index (χ0v) is 17.0. The van der Waals surface area contributed by atoms with E-state index in [1.54, 1.807) is 0 Å². The van der Waals surface area contributed by atoms with Crippen molar-refractivity contribution in [2.24, 2.45) is 7.05 Å². The average Bonchev–Trinajstić information content (AvgIpc) is 2.95. The summed E-state index contributed by atoms with van der Waals surface area (Å²) >= 11 is 0. The molecule has 1 fully saturated rings. The number of rotatable bonds is 5. The Morgan fingerprint density at radius 1 is 1.21 bits per heavy atom. The van der Waals surface area contributed by atoms with Gasteiger partial charge in [-0.2, -0.15) is 5.26 Å². The second-order valence-electron chi connectivity index (χ2n) is 7.58. The Morgan fingerprint density at radius 2 is 1.86 bits per heavy atom. The van der Waals surface area contributed by atoms with Crippen molar-refractivity contribution in [2.75, 3.05) is 13.1 Å². The molecular weight excluding hydrogens is 352 g/mol. The maximum Gasteiger partial charge on any atom is 0.254 e. The number of hydrogen-bond acceptors (Lipinski definition) is 4. The Hall–Kier alpha value is -2.62. The van der Waals surface area contributed by atoms with Crippen LogP contribution in [0.3, 0.4) is 0 Å². The molecule has 1 aromatic heterocycles. The van der Waals surface area contributed by atoms with E-state index in [-0.39, 0.29) is 18.1 Å². The quantitative estimate of drug-likeness (QED) is 0.866. The fraction of sp³-hybridized carbons (Fsp3) is 0.455. The Bertz CT molecular complexity index is 869. The standard InChI is InChI=1S/C22H28N4O2/c1-15-13-26(14-16(2)28-15)22(27)19-7-5-18(6-8-19)11-24-12-20-9-21(10-23)25(4)17(20)3/h5-9,15-16,24H,11-14H2,1-4H3/t15-,16-/m1/s1. The highest BCUT2D eigenvalue weighted by atomic mass is 16.5. The molecule has 1 aliphatic rings. The van der Waals surface area contributed by atoms with Crippen molar-refractivity contribution in [2.45, 2.75) is 46.1 Å². The fourth-order valence-corrected chi connectivity index (χ4v) is 3.68. The first-order valence-corrected chi connectivity index (χ1v) is 9.68. The van der Waals surface area contributed by atoms with Gasteiger partial charge in [0.25, 0.3) is 5.91 Å². The molecule has 2 aromatic rings. The van der Waals surface area contributed by atoms with E-state index in [1.165, 1.54) is 0 Å². The van der Waals surface area contributed by atoms with Gasteiger partial charge >= 0.3 is 0 Å². The molecule has 6 nitrogen and oxygen atoms in total. The molecule has 0 bridgehead atoms. The molecule has 0 aliphatic carbocycles. The highest BCUT2D eigenvalue weighted by Crippen LogP contribution is 2.16. The molecule has 6 heteroatoms. The zero-order valence-electron chi connectivity index (χ0n) is 17.0. The van der Waals surface area contributed by atoms with Crippen LogP contribution in [-0.4, -0.2) is 40.7 Å². The van der Waals surface area contributed by atoms with Gasteiger partial charge < -0.3 is 19.5 Å². The lowest BCUT2D eigenvalue weighted by Crippen LogP contribution is -2.48. The van der Waals surface area contributed by atoms with Crippen molar-refractivity contribution in [3.63, 3.8) is 0 Å². The van der Waals surface area contributed by atoms with E-state index in [1.807, 2.05) is 67.6 Å². The van der Waals surface area contributed by atoms with Gasteiger partial charge in [-0.1, -0.05) is 12.1 Å². The third kappa shape index (κ3) is 4.44. The van der Waals surface area contributed by atoms with E-state index in [9.17, 15) is 4.79 Å². The Morgan fingerprint density at radius 3 is 2.43 bits per heavy atom. The molecule has 28 heavy (non-hydrogen) atoms. The Labute approximate surface area is 166 Å². The molecule has 1 saturated heterocycles. The lowest BCUT2D eigenvalue weighted by Gasteiger charge is -2.35. The summed E-state index contributed by atoms with van der Waals surface area (Å²) in [6, 6.07) is 11.9. The lowest BCUT2D eigenvalue weighted by molar-refractivity contribution is -0.0586. The number of nitrogens with one attached hydrogen (secondary N) is 1. The highest BCUT2D eigenvalue weighted by molar-refractivity contribution is 5.94. The third-order valence-electron chi connectivity index (χ3n) is 5.31. The summed E-state index contributed by atoms with van der Waals surface area (Å²) in [7, 11) is 1.91. The van der Waals surface area contributed by atoms with Gasteiger partial charge in [-0.25, -0.2) is 0 Å². The maximum absolute atomic E-state index is 12.7. The molecule has 2 heterocycles. The predicted octanol–water partition coefficient (Wildman–Crippen LogP) is 2.74. The summed E-state index contributed by atoms with van der Waals surface area (Å²) in [5.74, 6) is 0.0606. The summed E-state index contributed by atoms with van der Waals surface area (Å²) in [6.45, 7) is 8.69. The first kappa shape index (κ1) is 20.1. The van der Waals surface area contributed by atoms with Gasteiger partial charge in [0, 0.05) is 44.5 Å². The van der Waals surface area contributed by atoms with Crippen LogP contribution >= 0.6 is 0 Å². The molecule has 0 radical (unpaired) electrons. The van der Waals surface area contributed by atoms with Gasteiger partial charge in [0.15, 0.2) is 0 Å². The van der Waals surface area contributed by atoms with Crippen LogP contribution in [0.4, 0.5) is 0 Å². The van der Waals surface area contributed by atoms with E-state index in [2.05, 4.69) is 11.4 Å². The Balaban J connectivity index is 1.56. The maximum atomic E-state index is 12.7. The number of nitrogens with zero attached hydrogens (tertiary/aromatic N) is 3. The van der Waals surface area contributed by atoms with Crippen molar-refractivity contribution in [3.05, 3.63) is 58.4 Å². The first-order chi connectivity index (χ1) is 13.4. The number of carbonyl (C=O) groups excluding carboxylic acids is 1. The molecule has 0 unspecified atom stereocenters. The number of aromatic nitrogens is 1. The fourth-order valence-electron chi connectivity index (χ4n) is 3.68. The van der Waals surface area contributed by atoms with Crippen LogP contribution in [0.25, 0.3) is 0 Å². The van der Waals surface area contributed by atoms with Crippen LogP contribution in [0.15, 0.2) is 30.3 Å². The number of ether oxygens (including phenoxy) is 1. The summed E-state index contributed by atoms with van der Waals surface area (Å²) in [5, 5.41) is 12.5. The smallest absolute Gasteiger partial charge is 0.254 e. The number of amides is 1. The SMILES string of the molecule is Cc1c(CNCc2ccc(C(=O)N3C[C@@H](C)O[C@H](C)C3)cc2)cc(C#N)n1C. The van der Waals surface area contributed by atoms with Crippen molar-refractivity contribution in [1.82, 2.24) is 14.8 Å². The van der Waals surface area contributed by atoms with Gasteiger partial charge in [0.2, 0.25) is 0 Å². The van der Waals surface area contributed by atoms with Crippen molar-refractivity contribution >= 4 is 5.91 Å². The predicted molar refractivity (Wildman–Crippen MR) is 108 cm³/mol. The summed E-state index contributed by atoms with van der Waals surface area (Å²) < 4.78 is 7.61.